The van der Waals surface area contributed by atoms with Crippen molar-refractivity contribution in [1.82, 2.24) is 5.32 Å². The molecular weight excluding hydrogens is 322 g/mol. The van der Waals surface area contributed by atoms with Crippen LogP contribution in [0.3, 0.4) is 0 Å². The molecule has 2 amide bonds. The number of carbonyl (C=O) groups excluding carboxylic acids is 1. The van der Waals surface area contributed by atoms with E-state index in [0.717, 1.165) is 35.2 Å². The van der Waals surface area contributed by atoms with Crippen LogP contribution in [0.2, 0.25) is 0 Å². The molecule has 132 valence electrons. The summed E-state index contributed by atoms with van der Waals surface area (Å²) in [5.41, 5.74) is 4.85. The summed E-state index contributed by atoms with van der Waals surface area (Å²) < 4.78 is 0. The number of amides is 2. The third-order valence-electron chi connectivity index (χ3n) is 5.13. The molecule has 0 saturated carbocycles. The van der Waals surface area contributed by atoms with Gasteiger partial charge in [-0.2, -0.15) is 5.26 Å². The lowest BCUT2D eigenvalue weighted by molar-refractivity contribution is 0.255. The van der Waals surface area contributed by atoms with E-state index in [1.807, 2.05) is 49.4 Å². The second-order valence-corrected chi connectivity index (χ2v) is 7.06. The van der Waals surface area contributed by atoms with Crippen LogP contribution in [0.5, 0.6) is 0 Å². The van der Waals surface area contributed by atoms with Crippen molar-refractivity contribution in [2.45, 2.75) is 33.6 Å². The Hall–Kier alpha value is -3.06. The van der Waals surface area contributed by atoms with Gasteiger partial charge in [-0.15, -0.1) is 0 Å². The second kappa shape index (κ2) is 7.05. The molecule has 0 aromatic heterocycles. The first-order chi connectivity index (χ1) is 12.5. The van der Waals surface area contributed by atoms with E-state index in [4.69, 9.17) is 0 Å². The molecule has 2 aromatic rings. The van der Waals surface area contributed by atoms with Crippen LogP contribution in [0.1, 0.15) is 37.0 Å². The van der Waals surface area contributed by atoms with Gasteiger partial charge in [-0.1, -0.05) is 50.2 Å². The summed E-state index contributed by atoms with van der Waals surface area (Å²) in [5, 5.41) is 15.6. The average molecular weight is 345 g/mol. The fourth-order valence-electron chi connectivity index (χ4n) is 3.48. The Morgan fingerprint density at radius 3 is 2.65 bits per heavy atom. The first kappa shape index (κ1) is 17.8. The van der Waals surface area contributed by atoms with E-state index in [1.54, 1.807) is 0 Å². The molecule has 4 nitrogen and oxygen atoms in total. The molecular formula is C22H23N3O. The number of hydrogen-bond acceptors (Lipinski definition) is 2. The molecule has 0 bridgehead atoms. The van der Waals surface area contributed by atoms with Crippen molar-refractivity contribution >= 4 is 17.4 Å². The summed E-state index contributed by atoms with van der Waals surface area (Å²) in [6.07, 6.45) is 1.63. The van der Waals surface area contributed by atoms with Crippen LogP contribution in [0.4, 0.5) is 10.5 Å². The van der Waals surface area contributed by atoms with Gasteiger partial charge in [0.2, 0.25) is 0 Å². The Morgan fingerprint density at radius 1 is 1.19 bits per heavy atom. The van der Waals surface area contributed by atoms with Crippen LogP contribution >= 0.6 is 0 Å². The molecule has 1 aliphatic rings. The largest absolute Gasteiger partial charge is 0.323 e. The lowest BCUT2D eigenvalue weighted by Gasteiger charge is -2.35. The minimum absolute atomic E-state index is 0.283. The maximum Gasteiger partial charge on any atom is 0.323 e. The highest BCUT2D eigenvalue weighted by atomic mass is 16.2. The molecule has 0 heterocycles. The maximum atomic E-state index is 12.6. The Bertz CT molecular complexity index is 923. The van der Waals surface area contributed by atoms with Crippen molar-refractivity contribution in [3.63, 3.8) is 0 Å². The van der Waals surface area contributed by atoms with Crippen LogP contribution in [-0.2, 0) is 6.42 Å². The van der Waals surface area contributed by atoms with Gasteiger partial charge in [-0.25, -0.2) is 4.79 Å². The summed E-state index contributed by atoms with van der Waals surface area (Å²) in [7, 11) is 0. The van der Waals surface area contributed by atoms with E-state index in [9.17, 15) is 10.1 Å². The number of nitrogens with zero attached hydrogens (tertiary/aromatic N) is 1. The van der Waals surface area contributed by atoms with Crippen molar-refractivity contribution in [2.24, 2.45) is 5.41 Å². The van der Waals surface area contributed by atoms with Gasteiger partial charge in [0.25, 0.3) is 0 Å². The fourth-order valence-corrected chi connectivity index (χ4v) is 3.48. The van der Waals surface area contributed by atoms with Gasteiger partial charge in [-0.05, 0) is 43.0 Å². The molecule has 0 saturated heterocycles. The number of fused-ring (bicyclic) bond motifs is 1. The maximum absolute atomic E-state index is 12.6. The van der Waals surface area contributed by atoms with Gasteiger partial charge in [0.15, 0.2) is 0 Å². The van der Waals surface area contributed by atoms with Crippen molar-refractivity contribution in [3.8, 4) is 6.07 Å². The van der Waals surface area contributed by atoms with E-state index < -0.39 is 0 Å². The van der Waals surface area contributed by atoms with Crippen LogP contribution in [-0.4, -0.2) is 6.03 Å². The zero-order valence-electron chi connectivity index (χ0n) is 15.4. The average Bonchev–Trinajstić information content (AvgIpc) is 2.61. The number of benzene rings is 2. The number of anilines is 1. The third-order valence-corrected chi connectivity index (χ3v) is 5.13. The quantitative estimate of drug-likeness (QED) is 0.820. The molecule has 4 heteroatoms. The van der Waals surface area contributed by atoms with Crippen molar-refractivity contribution in [2.75, 3.05) is 5.32 Å². The highest BCUT2D eigenvalue weighted by Gasteiger charge is 2.36. The second-order valence-electron chi connectivity index (χ2n) is 7.06. The van der Waals surface area contributed by atoms with Gasteiger partial charge >= 0.3 is 6.03 Å². The first-order valence-corrected chi connectivity index (χ1v) is 8.84. The molecule has 1 aliphatic carbocycles. The molecule has 0 radical (unpaired) electrons. The molecule has 0 fully saturated rings. The summed E-state index contributed by atoms with van der Waals surface area (Å²) in [4.78, 5) is 12.6. The molecule has 2 N–H and O–H groups in total. The summed E-state index contributed by atoms with van der Waals surface area (Å²) in [5.74, 6) is 0. The van der Waals surface area contributed by atoms with E-state index in [2.05, 4.69) is 36.6 Å². The van der Waals surface area contributed by atoms with E-state index in [0.29, 0.717) is 11.3 Å². The van der Waals surface area contributed by atoms with Gasteiger partial charge in [0.05, 0.1) is 17.3 Å². The number of hydrogen-bond donors (Lipinski definition) is 2. The monoisotopic (exact) mass is 345 g/mol. The number of nitriles is 1. The standard InChI is InChI=1S/C22H23N3O/c1-4-22(3)13-16-9-5-6-11-18(16)20(19(22)14-23)25-21(26)24-17-10-7-8-15(2)12-17/h5-12H,4,13H2,1-3H3,(H2,24,25,26). The SMILES string of the molecule is CCC1(C)Cc2ccccc2C(NC(=O)Nc2cccc(C)c2)=C1C#N. The lowest BCUT2D eigenvalue weighted by atomic mass is 9.69. The number of carbonyl (C=O) groups is 1. The summed E-state index contributed by atoms with van der Waals surface area (Å²) in [6, 6.07) is 17.6. The summed E-state index contributed by atoms with van der Waals surface area (Å²) in [6.45, 7) is 6.14. The number of rotatable bonds is 3. The molecule has 1 unspecified atom stereocenters. The smallest absolute Gasteiger partial charge is 0.308 e. The number of nitrogens with one attached hydrogen (secondary N) is 2. The Balaban J connectivity index is 1.97. The zero-order chi connectivity index (χ0) is 18.7. The third kappa shape index (κ3) is 3.34. The number of aryl methyl sites for hydroxylation is 1. The van der Waals surface area contributed by atoms with Gasteiger partial charge in [0, 0.05) is 16.7 Å². The van der Waals surface area contributed by atoms with Crippen molar-refractivity contribution < 1.29 is 4.79 Å². The van der Waals surface area contributed by atoms with E-state index in [-0.39, 0.29) is 11.4 Å². The molecule has 0 aliphatic heterocycles. The van der Waals surface area contributed by atoms with E-state index in [1.165, 1.54) is 0 Å². The minimum Gasteiger partial charge on any atom is -0.308 e. The Kier molecular flexibility index (Phi) is 4.81. The molecule has 1 atom stereocenters. The highest BCUT2D eigenvalue weighted by Crippen LogP contribution is 2.43. The Morgan fingerprint density at radius 2 is 1.96 bits per heavy atom. The van der Waals surface area contributed by atoms with Gasteiger partial charge < -0.3 is 10.6 Å². The van der Waals surface area contributed by atoms with Crippen LogP contribution < -0.4 is 10.6 Å². The van der Waals surface area contributed by atoms with E-state index >= 15 is 0 Å². The van der Waals surface area contributed by atoms with Crippen molar-refractivity contribution in [3.05, 3.63) is 70.8 Å². The predicted octanol–water partition coefficient (Wildman–Crippen LogP) is 5.02. The first-order valence-electron chi connectivity index (χ1n) is 8.84. The van der Waals surface area contributed by atoms with Crippen LogP contribution in [0.15, 0.2) is 54.1 Å². The van der Waals surface area contributed by atoms with Crippen LogP contribution in [0, 0.1) is 23.7 Å². The number of urea groups is 1. The van der Waals surface area contributed by atoms with Crippen molar-refractivity contribution in [1.29, 1.82) is 5.26 Å². The Labute approximate surface area is 154 Å². The number of allylic oxidation sites excluding steroid dienone is 1. The molecule has 3 rings (SSSR count). The van der Waals surface area contributed by atoms with Gasteiger partial charge in [0.1, 0.15) is 0 Å². The van der Waals surface area contributed by atoms with Gasteiger partial charge in [-0.3, -0.25) is 0 Å². The zero-order valence-corrected chi connectivity index (χ0v) is 15.4. The highest BCUT2D eigenvalue weighted by molar-refractivity contribution is 5.97. The summed E-state index contributed by atoms with van der Waals surface area (Å²) >= 11 is 0. The normalized spacial score (nSPS) is 18.7. The minimum atomic E-state index is -0.339. The fraction of sp³-hybridized carbons (Fsp3) is 0.273. The molecule has 2 aromatic carbocycles. The predicted molar refractivity (Wildman–Crippen MR) is 104 cm³/mol. The molecule has 0 spiro atoms. The lowest BCUT2D eigenvalue weighted by Crippen LogP contribution is -2.35. The molecule has 26 heavy (non-hydrogen) atoms. The van der Waals surface area contributed by atoms with Crippen LogP contribution in [0.25, 0.3) is 5.70 Å². The topological polar surface area (TPSA) is 64.9 Å².